The van der Waals surface area contributed by atoms with E-state index in [1.54, 1.807) is 12.2 Å². The minimum absolute atomic E-state index is 0.0174. The van der Waals surface area contributed by atoms with E-state index < -0.39 is 39.2 Å². The van der Waals surface area contributed by atoms with Crippen LogP contribution in [0, 0.1) is 38.0 Å². The first-order valence-corrected chi connectivity index (χ1v) is 14.2. The summed E-state index contributed by atoms with van der Waals surface area (Å²) in [6.45, 7) is 0.875. The number of primary amides is 1. The van der Waals surface area contributed by atoms with E-state index in [2.05, 4.69) is 27.2 Å². The third-order valence-corrected chi connectivity index (χ3v) is 7.14. The third-order valence-electron chi connectivity index (χ3n) is 7.14. The Kier molecular flexibility index (Phi) is 12.7. The number of benzene rings is 2. The number of methoxy groups -OCH3 is 2. The quantitative estimate of drug-likeness (QED) is 0.0749. The van der Waals surface area contributed by atoms with Crippen molar-refractivity contribution in [2.24, 2.45) is 11.7 Å². The molecule has 1 aliphatic rings. The molecule has 0 unspecified atom stereocenters. The molecule has 0 bridgehead atoms. The van der Waals surface area contributed by atoms with E-state index in [1.165, 1.54) is 24.1 Å². The van der Waals surface area contributed by atoms with Crippen LogP contribution in [0.2, 0.25) is 0 Å². The Hall–Kier alpha value is -6.05. The standard InChI is InChI=1S/C30H34N6O11/c1-45-24-18-21(29(38)46-2)16-23(36(43)44)26(24)32-10-4-5-11-33-27-22(35(41)42)15-20(28(31)37)17-25(27)47-14-6-3-7-19-8-12-34(13-9-19)30(39)40/h4-5,15-19,32-33H,7-14H2,1-2H3,(H2,31,37)(H,39,40)/b5-4+. The van der Waals surface area contributed by atoms with Gasteiger partial charge >= 0.3 is 12.1 Å². The van der Waals surface area contributed by atoms with Gasteiger partial charge in [0.25, 0.3) is 11.4 Å². The molecule has 3 rings (SSSR count). The number of nitrogens with two attached hydrogens (primary N) is 1. The minimum Gasteiger partial charge on any atom is -0.494 e. The maximum atomic E-state index is 11.9. The van der Waals surface area contributed by atoms with Crippen molar-refractivity contribution in [3.8, 4) is 23.3 Å². The van der Waals surface area contributed by atoms with Crippen LogP contribution in [-0.2, 0) is 4.74 Å². The number of anilines is 2. The number of piperidine rings is 1. The van der Waals surface area contributed by atoms with Crippen molar-refractivity contribution in [1.82, 2.24) is 4.90 Å². The van der Waals surface area contributed by atoms with Crippen molar-refractivity contribution in [1.29, 1.82) is 0 Å². The van der Waals surface area contributed by atoms with E-state index in [0.29, 0.717) is 32.4 Å². The summed E-state index contributed by atoms with van der Waals surface area (Å²) in [5.74, 6) is 4.45. The Morgan fingerprint density at radius 1 is 0.957 bits per heavy atom. The minimum atomic E-state index is -0.942. The number of hydrogen-bond donors (Lipinski definition) is 4. The van der Waals surface area contributed by atoms with Gasteiger partial charge in [0.2, 0.25) is 5.91 Å². The van der Waals surface area contributed by atoms with Gasteiger partial charge in [-0.3, -0.25) is 25.0 Å². The van der Waals surface area contributed by atoms with Gasteiger partial charge in [-0.25, -0.2) is 9.59 Å². The van der Waals surface area contributed by atoms with Gasteiger partial charge in [-0.05, 0) is 30.9 Å². The number of nitro benzene ring substituents is 2. The second kappa shape index (κ2) is 16.9. The monoisotopic (exact) mass is 654 g/mol. The molecular formula is C30H34N6O11. The van der Waals surface area contributed by atoms with E-state index in [9.17, 15) is 34.6 Å². The fourth-order valence-corrected chi connectivity index (χ4v) is 4.70. The molecule has 2 amide bonds. The SMILES string of the molecule is COC(=O)c1cc(OC)c(NC/C=C/CNc2c(OCC#CCC3CCN(C(=O)O)CC3)cc(C(N)=O)cc2[N+](=O)[O-])c([N+](=O)[O-])c1. The number of nitrogens with zero attached hydrogens (tertiary/aromatic N) is 3. The lowest BCUT2D eigenvalue weighted by Crippen LogP contribution is -2.37. The predicted octanol–water partition coefficient (Wildman–Crippen LogP) is 3.64. The van der Waals surface area contributed by atoms with Crippen LogP contribution >= 0.6 is 0 Å². The van der Waals surface area contributed by atoms with Crippen molar-refractivity contribution >= 4 is 40.7 Å². The van der Waals surface area contributed by atoms with Crippen LogP contribution in [0.5, 0.6) is 11.5 Å². The number of esters is 1. The third kappa shape index (κ3) is 9.72. The van der Waals surface area contributed by atoms with E-state index in [4.69, 9.17) is 20.3 Å². The van der Waals surface area contributed by atoms with Gasteiger partial charge in [0.1, 0.15) is 12.4 Å². The Balaban J connectivity index is 1.68. The van der Waals surface area contributed by atoms with E-state index in [-0.39, 0.29) is 59.6 Å². The molecule has 1 aliphatic heterocycles. The molecule has 1 saturated heterocycles. The molecule has 250 valence electrons. The van der Waals surface area contributed by atoms with Gasteiger partial charge in [-0.1, -0.05) is 24.0 Å². The van der Waals surface area contributed by atoms with Crippen LogP contribution in [-0.4, -0.2) is 84.8 Å². The Morgan fingerprint density at radius 3 is 2.02 bits per heavy atom. The first-order valence-electron chi connectivity index (χ1n) is 14.2. The van der Waals surface area contributed by atoms with Crippen molar-refractivity contribution in [3.63, 3.8) is 0 Å². The van der Waals surface area contributed by atoms with E-state index >= 15 is 0 Å². The molecule has 0 aromatic heterocycles. The molecule has 2 aromatic rings. The molecule has 0 radical (unpaired) electrons. The molecule has 0 spiro atoms. The number of carbonyl (C=O) groups excluding carboxylic acids is 2. The highest BCUT2D eigenvalue weighted by Gasteiger charge is 2.25. The molecule has 17 nitrogen and oxygen atoms in total. The number of nitro groups is 2. The molecule has 0 saturated carbocycles. The van der Waals surface area contributed by atoms with Crippen molar-refractivity contribution in [3.05, 3.63) is 67.8 Å². The van der Waals surface area contributed by atoms with Gasteiger partial charge < -0.3 is 40.6 Å². The Labute approximate surface area is 268 Å². The van der Waals surface area contributed by atoms with Crippen LogP contribution < -0.4 is 25.8 Å². The molecule has 17 heteroatoms. The normalized spacial score (nSPS) is 12.9. The fraction of sp³-hybridized carbons (Fsp3) is 0.367. The van der Waals surface area contributed by atoms with Gasteiger partial charge in [-0.2, -0.15) is 0 Å². The highest BCUT2D eigenvalue weighted by atomic mass is 16.6. The Bertz CT molecular complexity index is 1610. The molecule has 47 heavy (non-hydrogen) atoms. The predicted molar refractivity (Wildman–Crippen MR) is 169 cm³/mol. The molecule has 0 aliphatic carbocycles. The van der Waals surface area contributed by atoms with Crippen molar-refractivity contribution in [2.75, 3.05) is 57.6 Å². The zero-order chi connectivity index (χ0) is 34.5. The maximum absolute atomic E-state index is 11.9. The lowest BCUT2D eigenvalue weighted by atomic mass is 9.94. The van der Waals surface area contributed by atoms with Crippen LogP contribution in [0.15, 0.2) is 36.4 Å². The number of nitrogens with one attached hydrogen (secondary N) is 2. The number of ether oxygens (including phenoxy) is 3. The second-order valence-corrected chi connectivity index (χ2v) is 10.1. The first kappa shape index (κ1) is 35.4. The average Bonchev–Trinajstić information content (AvgIpc) is 3.05. The number of hydrogen-bond acceptors (Lipinski definition) is 12. The van der Waals surface area contributed by atoms with Crippen molar-refractivity contribution in [2.45, 2.75) is 19.3 Å². The average molecular weight is 655 g/mol. The van der Waals surface area contributed by atoms with Crippen LogP contribution in [0.4, 0.5) is 27.5 Å². The summed E-state index contributed by atoms with van der Waals surface area (Å²) in [4.78, 5) is 58.3. The summed E-state index contributed by atoms with van der Waals surface area (Å²) < 4.78 is 15.6. The Morgan fingerprint density at radius 2 is 1.51 bits per heavy atom. The lowest BCUT2D eigenvalue weighted by Gasteiger charge is -2.28. The summed E-state index contributed by atoms with van der Waals surface area (Å²) in [5.41, 5.74) is 4.33. The molecule has 1 heterocycles. The van der Waals surface area contributed by atoms with E-state index in [1.807, 2.05) is 0 Å². The largest absolute Gasteiger partial charge is 0.494 e. The zero-order valence-electron chi connectivity index (χ0n) is 25.6. The number of amides is 2. The zero-order valence-corrected chi connectivity index (χ0v) is 25.6. The van der Waals surface area contributed by atoms with Crippen molar-refractivity contribution < 1.29 is 43.5 Å². The van der Waals surface area contributed by atoms with Gasteiger partial charge in [-0.15, -0.1) is 0 Å². The summed E-state index contributed by atoms with van der Waals surface area (Å²) >= 11 is 0. The van der Waals surface area contributed by atoms with Crippen LogP contribution in [0.3, 0.4) is 0 Å². The van der Waals surface area contributed by atoms with Gasteiger partial charge in [0, 0.05) is 50.3 Å². The van der Waals surface area contributed by atoms with E-state index in [0.717, 1.165) is 19.2 Å². The summed E-state index contributed by atoms with van der Waals surface area (Å²) in [7, 11) is 2.44. The fourth-order valence-electron chi connectivity index (χ4n) is 4.70. The smallest absolute Gasteiger partial charge is 0.407 e. The summed E-state index contributed by atoms with van der Waals surface area (Å²) in [5, 5.41) is 38.3. The number of rotatable bonds is 14. The van der Waals surface area contributed by atoms with Crippen LogP contribution in [0.1, 0.15) is 40.0 Å². The molecule has 2 aromatic carbocycles. The molecular weight excluding hydrogens is 620 g/mol. The molecule has 5 N–H and O–H groups in total. The first-order chi connectivity index (χ1) is 22.5. The van der Waals surface area contributed by atoms with Gasteiger partial charge in [0.05, 0.1) is 29.6 Å². The highest BCUT2D eigenvalue weighted by Crippen LogP contribution is 2.37. The van der Waals surface area contributed by atoms with Gasteiger partial charge in [0.15, 0.2) is 17.1 Å². The molecule has 1 fully saturated rings. The van der Waals surface area contributed by atoms with Crippen LogP contribution in [0.25, 0.3) is 0 Å². The number of likely N-dealkylation sites (tertiary alicyclic amines) is 1. The lowest BCUT2D eigenvalue weighted by molar-refractivity contribution is -0.384. The second-order valence-electron chi connectivity index (χ2n) is 10.1. The maximum Gasteiger partial charge on any atom is 0.407 e. The summed E-state index contributed by atoms with van der Waals surface area (Å²) in [6.07, 6.45) is 4.17. The number of carbonyl (C=O) groups is 3. The topological polar surface area (TPSA) is 239 Å². The molecule has 0 atom stereocenters. The highest BCUT2D eigenvalue weighted by molar-refractivity contribution is 5.96. The summed E-state index contributed by atoms with van der Waals surface area (Å²) in [6, 6.07) is 4.67. The number of carboxylic acid groups (broad SMARTS) is 1.